The van der Waals surface area contributed by atoms with Gasteiger partial charge in [-0.2, -0.15) is 4.68 Å². The first-order chi connectivity index (χ1) is 16.9. The monoisotopic (exact) mass is 474 g/mol. The molecule has 10 heteroatoms. The van der Waals surface area contributed by atoms with E-state index in [9.17, 15) is 14.4 Å². The Kier molecular flexibility index (Phi) is 5.77. The first kappa shape index (κ1) is 22.3. The van der Waals surface area contributed by atoms with E-state index in [0.717, 1.165) is 16.1 Å². The van der Waals surface area contributed by atoms with Gasteiger partial charge < -0.3 is 18.8 Å². The predicted octanol–water partition coefficient (Wildman–Crippen LogP) is 2.40. The Labute approximate surface area is 199 Å². The minimum Gasteiger partial charge on any atom is -0.486 e. The van der Waals surface area contributed by atoms with Crippen molar-refractivity contribution in [2.75, 3.05) is 19.8 Å². The van der Waals surface area contributed by atoms with Gasteiger partial charge in [-0.25, -0.2) is 0 Å². The molecule has 10 nitrogen and oxygen atoms in total. The average molecular weight is 474 g/mol. The fourth-order valence-corrected chi connectivity index (χ4v) is 4.13. The zero-order chi connectivity index (χ0) is 24.5. The van der Waals surface area contributed by atoms with Crippen LogP contribution in [0.25, 0.3) is 16.6 Å². The number of hydrogen-bond donors (Lipinski definition) is 0. The Morgan fingerprint density at radius 3 is 2.63 bits per heavy atom. The molecule has 0 radical (unpaired) electrons. The van der Waals surface area contributed by atoms with Gasteiger partial charge in [0.15, 0.2) is 18.1 Å². The van der Waals surface area contributed by atoms with Gasteiger partial charge in [-0.3, -0.25) is 14.4 Å². The van der Waals surface area contributed by atoms with E-state index in [1.165, 1.54) is 0 Å². The number of Topliss-reactive ketones (excluding diaryl/α,β-unsaturated/α-hetero) is 1. The van der Waals surface area contributed by atoms with Crippen LogP contribution >= 0.6 is 0 Å². The minimum atomic E-state index is -0.759. The van der Waals surface area contributed by atoms with E-state index in [2.05, 4.69) is 10.3 Å². The summed E-state index contributed by atoms with van der Waals surface area (Å²) in [4.78, 5) is 37.7. The number of esters is 1. The van der Waals surface area contributed by atoms with Gasteiger partial charge in [-0.15, -0.1) is 5.10 Å². The number of aromatic nitrogens is 4. The molecule has 0 bridgehead atoms. The topological polar surface area (TPSA) is 115 Å². The molecule has 2 aromatic heterocycles. The van der Waals surface area contributed by atoms with E-state index < -0.39 is 24.7 Å². The SMILES string of the molecule is Cc1cc(C(=O)COC(=O)Cn2nnc3ccccc3c2=O)c(C)n1-c1ccc2c(c1)OCCO2. The summed E-state index contributed by atoms with van der Waals surface area (Å²) < 4.78 is 19.2. The molecule has 0 aliphatic carbocycles. The number of carbonyl (C=O) groups excluding carboxylic acids is 2. The first-order valence-electron chi connectivity index (χ1n) is 11.0. The zero-order valence-electron chi connectivity index (χ0n) is 19.2. The minimum absolute atomic E-state index is 0.345. The number of nitrogens with zero attached hydrogens (tertiary/aromatic N) is 4. The van der Waals surface area contributed by atoms with Crippen molar-refractivity contribution in [3.63, 3.8) is 0 Å². The van der Waals surface area contributed by atoms with Crippen molar-refractivity contribution in [3.05, 3.63) is 75.8 Å². The number of hydrogen-bond acceptors (Lipinski definition) is 8. The van der Waals surface area contributed by atoms with Crippen molar-refractivity contribution in [2.45, 2.75) is 20.4 Å². The normalized spacial score (nSPS) is 12.5. The van der Waals surface area contributed by atoms with Crippen molar-refractivity contribution in [1.29, 1.82) is 0 Å². The predicted molar refractivity (Wildman–Crippen MR) is 125 cm³/mol. The molecule has 0 fully saturated rings. The summed E-state index contributed by atoms with van der Waals surface area (Å²) in [6, 6.07) is 14.1. The fraction of sp³-hybridized carbons (Fsp3) is 0.240. The van der Waals surface area contributed by atoms with Crippen LogP contribution < -0.4 is 15.0 Å². The third-order valence-electron chi connectivity index (χ3n) is 5.79. The molecule has 0 N–H and O–H groups in total. The summed E-state index contributed by atoms with van der Waals surface area (Å²) in [5, 5.41) is 8.05. The van der Waals surface area contributed by atoms with E-state index >= 15 is 0 Å². The molecule has 0 amide bonds. The second kappa shape index (κ2) is 9.05. The highest BCUT2D eigenvalue weighted by atomic mass is 16.6. The van der Waals surface area contributed by atoms with Gasteiger partial charge in [-0.1, -0.05) is 17.3 Å². The van der Waals surface area contributed by atoms with Crippen LogP contribution in [0.15, 0.2) is 53.3 Å². The molecule has 0 saturated heterocycles. The quantitative estimate of drug-likeness (QED) is 0.309. The molecule has 1 aliphatic heterocycles. The van der Waals surface area contributed by atoms with Crippen LogP contribution in [0.4, 0.5) is 0 Å². The molecule has 2 aromatic carbocycles. The van der Waals surface area contributed by atoms with Crippen LogP contribution in [0, 0.1) is 13.8 Å². The number of ether oxygens (including phenoxy) is 3. The summed E-state index contributed by atoms with van der Waals surface area (Å²) >= 11 is 0. The smallest absolute Gasteiger partial charge is 0.328 e. The lowest BCUT2D eigenvalue weighted by Crippen LogP contribution is -2.29. The number of ketones is 1. The zero-order valence-corrected chi connectivity index (χ0v) is 19.2. The highest BCUT2D eigenvalue weighted by molar-refractivity contribution is 5.99. The van der Waals surface area contributed by atoms with Gasteiger partial charge >= 0.3 is 5.97 Å². The molecule has 4 aromatic rings. The molecule has 0 saturated carbocycles. The molecule has 3 heterocycles. The molecular weight excluding hydrogens is 452 g/mol. The second-order valence-electron chi connectivity index (χ2n) is 8.10. The van der Waals surface area contributed by atoms with Crippen LogP contribution in [0.2, 0.25) is 0 Å². The van der Waals surface area contributed by atoms with Gasteiger partial charge in [0.25, 0.3) is 5.56 Å². The summed E-state index contributed by atoms with van der Waals surface area (Å²) in [6.07, 6.45) is 0. The third-order valence-corrected chi connectivity index (χ3v) is 5.79. The number of aryl methyl sites for hydroxylation is 1. The van der Waals surface area contributed by atoms with E-state index in [-0.39, 0.29) is 5.78 Å². The highest BCUT2D eigenvalue weighted by Crippen LogP contribution is 2.33. The Hall–Kier alpha value is -4.47. The molecule has 0 spiro atoms. The van der Waals surface area contributed by atoms with Crippen LogP contribution in [0.5, 0.6) is 11.5 Å². The van der Waals surface area contributed by atoms with Crippen LogP contribution in [0.3, 0.4) is 0 Å². The van der Waals surface area contributed by atoms with Crippen LogP contribution in [0.1, 0.15) is 21.7 Å². The summed E-state index contributed by atoms with van der Waals surface area (Å²) in [5.41, 5.74) is 2.79. The lowest BCUT2D eigenvalue weighted by Gasteiger charge is -2.20. The molecular formula is C25H22N4O6. The summed E-state index contributed by atoms with van der Waals surface area (Å²) in [5.74, 6) is 0.217. The van der Waals surface area contributed by atoms with Crippen molar-refractivity contribution in [2.24, 2.45) is 0 Å². The molecule has 35 heavy (non-hydrogen) atoms. The van der Waals surface area contributed by atoms with Crippen molar-refractivity contribution in [3.8, 4) is 17.2 Å². The van der Waals surface area contributed by atoms with E-state index in [4.69, 9.17) is 14.2 Å². The Morgan fingerprint density at radius 2 is 1.80 bits per heavy atom. The number of carbonyl (C=O) groups is 2. The maximum atomic E-state index is 12.9. The van der Waals surface area contributed by atoms with E-state index in [1.807, 2.05) is 36.6 Å². The molecule has 1 aliphatic rings. The summed E-state index contributed by atoms with van der Waals surface area (Å²) in [7, 11) is 0. The lowest BCUT2D eigenvalue weighted by molar-refractivity contribution is -0.143. The standard InChI is InChI=1S/C25H22N4O6/c1-15-11-19(16(2)29(15)17-7-8-22-23(12-17)34-10-9-33-22)21(30)14-35-24(31)13-28-25(32)18-5-3-4-6-20(18)26-27-28/h3-8,11-12H,9-10,13-14H2,1-2H3. The first-order valence-corrected chi connectivity index (χ1v) is 11.0. The summed E-state index contributed by atoms with van der Waals surface area (Å²) in [6.45, 7) is 3.79. The number of benzene rings is 2. The number of rotatable bonds is 6. The maximum absolute atomic E-state index is 12.9. The molecule has 5 rings (SSSR count). The molecule has 0 unspecified atom stereocenters. The van der Waals surface area contributed by atoms with Crippen molar-refractivity contribution in [1.82, 2.24) is 19.6 Å². The average Bonchev–Trinajstić information content (AvgIpc) is 3.17. The highest BCUT2D eigenvalue weighted by Gasteiger charge is 2.20. The molecule has 178 valence electrons. The fourth-order valence-electron chi connectivity index (χ4n) is 4.13. The van der Waals surface area contributed by atoms with Gasteiger partial charge in [0.05, 0.1) is 5.39 Å². The second-order valence-corrected chi connectivity index (χ2v) is 8.10. The van der Waals surface area contributed by atoms with E-state index in [1.54, 1.807) is 30.3 Å². The van der Waals surface area contributed by atoms with Gasteiger partial charge in [-0.05, 0) is 44.2 Å². The largest absolute Gasteiger partial charge is 0.486 e. The van der Waals surface area contributed by atoms with Crippen LogP contribution in [-0.4, -0.2) is 51.1 Å². The van der Waals surface area contributed by atoms with E-state index in [0.29, 0.717) is 46.9 Å². The van der Waals surface area contributed by atoms with Crippen molar-refractivity contribution < 1.29 is 23.8 Å². The van der Waals surface area contributed by atoms with Crippen LogP contribution in [-0.2, 0) is 16.1 Å². The Morgan fingerprint density at radius 1 is 1.03 bits per heavy atom. The molecule has 0 atom stereocenters. The van der Waals surface area contributed by atoms with Gasteiger partial charge in [0.2, 0.25) is 5.78 Å². The van der Waals surface area contributed by atoms with Gasteiger partial charge in [0.1, 0.15) is 25.3 Å². The lowest BCUT2D eigenvalue weighted by atomic mass is 10.1. The number of fused-ring (bicyclic) bond motifs is 2. The Bertz CT molecular complexity index is 1520. The van der Waals surface area contributed by atoms with Crippen molar-refractivity contribution >= 4 is 22.7 Å². The Balaban J connectivity index is 1.29. The third kappa shape index (κ3) is 4.25. The van der Waals surface area contributed by atoms with Gasteiger partial charge in [0, 0.05) is 28.7 Å². The maximum Gasteiger partial charge on any atom is 0.328 e.